The van der Waals surface area contributed by atoms with Gasteiger partial charge in [0.25, 0.3) is 0 Å². The van der Waals surface area contributed by atoms with Crippen LogP contribution >= 0.6 is 11.3 Å². The second-order valence-corrected chi connectivity index (χ2v) is 9.64. The van der Waals surface area contributed by atoms with Gasteiger partial charge in [0, 0.05) is 53.1 Å². The second-order valence-electron chi connectivity index (χ2n) is 8.63. The van der Waals surface area contributed by atoms with Crippen molar-refractivity contribution < 1.29 is 4.74 Å². The predicted octanol–water partition coefficient (Wildman–Crippen LogP) is 2.91. The Labute approximate surface area is 203 Å². The highest BCUT2D eigenvalue weighted by molar-refractivity contribution is 7.22. The fourth-order valence-corrected chi connectivity index (χ4v) is 5.41. The molecule has 2 aromatic heterocycles. The monoisotopic (exact) mass is 478 g/mol. The van der Waals surface area contributed by atoms with Crippen LogP contribution in [0, 0.1) is 0 Å². The van der Waals surface area contributed by atoms with Crippen molar-refractivity contribution in [3.8, 4) is 0 Å². The first-order valence-corrected chi connectivity index (χ1v) is 12.3. The molecule has 0 spiro atoms. The number of para-hydroxylation sites is 1. The van der Waals surface area contributed by atoms with Crippen molar-refractivity contribution in [2.45, 2.75) is 12.6 Å². The van der Waals surface area contributed by atoms with Gasteiger partial charge in [-0.3, -0.25) is 4.90 Å². The lowest BCUT2D eigenvalue weighted by molar-refractivity contribution is 0.172. The number of anilines is 2. The molecule has 0 unspecified atom stereocenters. The third kappa shape index (κ3) is 4.61. The molecule has 1 aliphatic rings. The fourth-order valence-electron chi connectivity index (χ4n) is 4.39. The highest BCUT2D eigenvalue weighted by Crippen LogP contribution is 2.32. The minimum Gasteiger partial charge on any atom is -0.383 e. The van der Waals surface area contributed by atoms with Gasteiger partial charge in [-0.15, -0.1) is 5.10 Å². The summed E-state index contributed by atoms with van der Waals surface area (Å²) in [6.07, 6.45) is 0. The van der Waals surface area contributed by atoms with Crippen molar-refractivity contribution in [1.82, 2.24) is 30.1 Å². The minimum atomic E-state index is -0.0272. The Hall–Kier alpha value is -3.08. The molecule has 4 aromatic rings. The summed E-state index contributed by atoms with van der Waals surface area (Å²) >= 11 is 1.76. The Bertz CT molecular complexity index is 1180. The van der Waals surface area contributed by atoms with Gasteiger partial charge in [-0.25, -0.2) is 9.67 Å². The summed E-state index contributed by atoms with van der Waals surface area (Å²) in [5, 5.41) is 13.8. The molecule has 1 atom stereocenters. The molecule has 1 fully saturated rings. The normalized spacial score (nSPS) is 15.7. The number of hydrogen-bond donors (Lipinski definition) is 0. The number of hydrogen-bond acceptors (Lipinski definition) is 9. The SMILES string of the molecule is COCCn1nnnc1[C@@H](c1ccc(N(C)C)cc1)N1CCN(c2nc3ccccc3s2)CC1. The summed E-state index contributed by atoms with van der Waals surface area (Å²) in [6.45, 7) is 4.80. The molecule has 0 radical (unpaired) electrons. The lowest BCUT2D eigenvalue weighted by atomic mass is 10.0. The van der Waals surface area contributed by atoms with E-state index in [9.17, 15) is 0 Å². The molecule has 9 nitrogen and oxygen atoms in total. The molecule has 0 aliphatic carbocycles. The molecule has 3 heterocycles. The summed E-state index contributed by atoms with van der Waals surface area (Å²) in [6, 6.07) is 17.0. The number of benzene rings is 2. The molecule has 34 heavy (non-hydrogen) atoms. The molecule has 0 saturated carbocycles. The van der Waals surface area contributed by atoms with Crippen LogP contribution in [0.4, 0.5) is 10.8 Å². The molecule has 0 bridgehead atoms. The minimum absolute atomic E-state index is 0.0272. The van der Waals surface area contributed by atoms with E-state index < -0.39 is 0 Å². The van der Waals surface area contributed by atoms with Crippen LogP contribution in [0.25, 0.3) is 10.2 Å². The smallest absolute Gasteiger partial charge is 0.186 e. The van der Waals surface area contributed by atoms with Crippen LogP contribution in [-0.2, 0) is 11.3 Å². The third-order valence-corrected chi connectivity index (χ3v) is 7.37. The van der Waals surface area contributed by atoms with Gasteiger partial charge in [0.2, 0.25) is 0 Å². The number of nitrogens with zero attached hydrogens (tertiary/aromatic N) is 8. The Morgan fingerprint density at radius 2 is 1.79 bits per heavy atom. The van der Waals surface area contributed by atoms with E-state index in [4.69, 9.17) is 9.72 Å². The number of ether oxygens (including phenoxy) is 1. The zero-order chi connectivity index (χ0) is 23.5. The van der Waals surface area contributed by atoms with E-state index in [-0.39, 0.29) is 6.04 Å². The molecule has 0 amide bonds. The fraction of sp³-hybridized carbons (Fsp3) is 0.417. The first-order valence-electron chi connectivity index (χ1n) is 11.5. The van der Waals surface area contributed by atoms with Crippen LogP contribution in [0.15, 0.2) is 48.5 Å². The standard InChI is InChI=1S/C24H30N8OS/c1-29(2)19-10-8-18(9-11-19)22(23-26-27-28-32(23)16-17-33-3)30-12-14-31(15-13-30)24-25-20-6-4-5-7-21(20)34-24/h4-11,22H,12-17H2,1-3H3/t22-/m1/s1. The van der Waals surface area contributed by atoms with Crippen molar-refractivity contribution >= 4 is 32.4 Å². The first kappa shape index (κ1) is 22.7. The number of rotatable bonds is 8. The van der Waals surface area contributed by atoms with Crippen molar-refractivity contribution in [2.75, 3.05) is 63.8 Å². The van der Waals surface area contributed by atoms with Gasteiger partial charge in [-0.05, 0) is 40.3 Å². The number of tetrazole rings is 1. The average molecular weight is 479 g/mol. The Kier molecular flexibility index (Phi) is 6.70. The largest absolute Gasteiger partial charge is 0.383 e. The van der Waals surface area contributed by atoms with Crippen molar-refractivity contribution in [2.24, 2.45) is 0 Å². The quantitative estimate of drug-likeness (QED) is 0.383. The van der Waals surface area contributed by atoms with Gasteiger partial charge >= 0.3 is 0 Å². The maximum Gasteiger partial charge on any atom is 0.186 e. The summed E-state index contributed by atoms with van der Waals surface area (Å²) < 4.78 is 8.38. The molecular weight excluding hydrogens is 448 g/mol. The van der Waals surface area contributed by atoms with E-state index in [0.29, 0.717) is 13.2 Å². The second kappa shape index (κ2) is 10.0. The van der Waals surface area contributed by atoms with Gasteiger partial charge in [0.15, 0.2) is 11.0 Å². The Morgan fingerprint density at radius 3 is 2.50 bits per heavy atom. The zero-order valence-corrected chi connectivity index (χ0v) is 20.6. The van der Waals surface area contributed by atoms with Crippen LogP contribution in [0.3, 0.4) is 0 Å². The average Bonchev–Trinajstić information content (AvgIpc) is 3.51. The van der Waals surface area contributed by atoms with E-state index in [1.807, 2.05) is 10.7 Å². The van der Waals surface area contributed by atoms with Crippen LogP contribution in [-0.4, -0.2) is 84.1 Å². The van der Waals surface area contributed by atoms with E-state index in [0.717, 1.165) is 42.7 Å². The van der Waals surface area contributed by atoms with Gasteiger partial charge < -0.3 is 14.5 Å². The van der Waals surface area contributed by atoms with E-state index in [1.54, 1.807) is 18.4 Å². The molecule has 178 valence electrons. The lowest BCUT2D eigenvalue weighted by Crippen LogP contribution is -2.48. The van der Waals surface area contributed by atoms with Gasteiger partial charge in [0.05, 0.1) is 29.4 Å². The van der Waals surface area contributed by atoms with Crippen molar-refractivity contribution in [3.63, 3.8) is 0 Å². The molecular formula is C24H30N8OS. The molecule has 0 N–H and O–H groups in total. The molecule has 1 aliphatic heterocycles. The number of fused-ring (bicyclic) bond motifs is 1. The maximum atomic E-state index is 5.28. The van der Waals surface area contributed by atoms with Gasteiger partial charge in [-0.1, -0.05) is 35.6 Å². The highest BCUT2D eigenvalue weighted by atomic mass is 32.1. The summed E-state index contributed by atoms with van der Waals surface area (Å²) in [5.74, 6) is 0.850. The topological polar surface area (TPSA) is 75.4 Å². The lowest BCUT2D eigenvalue weighted by Gasteiger charge is -2.38. The molecule has 10 heteroatoms. The predicted molar refractivity (Wildman–Crippen MR) is 136 cm³/mol. The van der Waals surface area contributed by atoms with Crippen molar-refractivity contribution in [1.29, 1.82) is 0 Å². The first-order chi connectivity index (χ1) is 16.6. The maximum absolute atomic E-state index is 5.28. The number of aromatic nitrogens is 5. The molecule has 2 aromatic carbocycles. The zero-order valence-electron chi connectivity index (χ0n) is 19.8. The van der Waals surface area contributed by atoms with E-state index >= 15 is 0 Å². The Balaban J connectivity index is 1.40. The third-order valence-electron chi connectivity index (χ3n) is 6.27. The van der Waals surface area contributed by atoms with Crippen LogP contribution in [0.1, 0.15) is 17.4 Å². The Morgan fingerprint density at radius 1 is 1.03 bits per heavy atom. The number of piperazine rings is 1. The van der Waals surface area contributed by atoms with Crippen LogP contribution in [0.2, 0.25) is 0 Å². The number of thiazole rings is 1. The van der Waals surface area contributed by atoms with Crippen molar-refractivity contribution in [3.05, 3.63) is 59.9 Å². The highest BCUT2D eigenvalue weighted by Gasteiger charge is 2.31. The molecule has 5 rings (SSSR count). The number of methoxy groups -OCH3 is 1. The summed E-state index contributed by atoms with van der Waals surface area (Å²) in [5.41, 5.74) is 3.43. The molecule has 1 saturated heterocycles. The van der Waals surface area contributed by atoms with E-state index in [2.05, 4.69) is 86.8 Å². The van der Waals surface area contributed by atoms with Gasteiger partial charge in [-0.2, -0.15) is 0 Å². The van der Waals surface area contributed by atoms with Gasteiger partial charge in [0.1, 0.15) is 0 Å². The van der Waals surface area contributed by atoms with Crippen LogP contribution in [0.5, 0.6) is 0 Å². The summed E-state index contributed by atoms with van der Waals surface area (Å²) in [4.78, 5) is 11.8. The summed E-state index contributed by atoms with van der Waals surface area (Å²) in [7, 11) is 5.81. The van der Waals surface area contributed by atoms with E-state index in [1.165, 1.54) is 16.0 Å². The van der Waals surface area contributed by atoms with Crippen LogP contribution < -0.4 is 9.80 Å².